The number of aryl methyl sites for hydroxylation is 1. The third kappa shape index (κ3) is 3.60. The number of halogens is 3. The summed E-state index contributed by atoms with van der Waals surface area (Å²) >= 11 is 0. The minimum Gasteiger partial charge on any atom is -0.307 e. The summed E-state index contributed by atoms with van der Waals surface area (Å²) in [5.41, 5.74) is 0.0249. The van der Waals surface area contributed by atoms with Gasteiger partial charge < -0.3 is 5.32 Å². The highest BCUT2D eigenvalue weighted by Crippen LogP contribution is 2.30. The fraction of sp³-hybridized carbons (Fsp3) is 0.533. The van der Waals surface area contributed by atoms with Crippen molar-refractivity contribution in [2.75, 3.05) is 6.54 Å². The molecule has 0 aromatic heterocycles. The summed E-state index contributed by atoms with van der Waals surface area (Å²) in [7, 11) is 0. The Labute approximate surface area is 116 Å². The second-order valence-corrected chi connectivity index (χ2v) is 5.31. The van der Waals surface area contributed by atoms with Crippen molar-refractivity contribution in [2.24, 2.45) is 0 Å². The molecule has 20 heavy (non-hydrogen) atoms. The molecule has 2 rings (SSSR count). The van der Waals surface area contributed by atoms with Crippen LogP contribution in [-0.2, 0) is 6.18 Å². The second kappa shape index (κ2) is 5.95. The molecular formula is C15H18F3NO. The van der Waals surface area contributed by atoms with Crippen LogP contribution in [0.1, 0.15) is 47.2 Å². The molecule has 1 N–H and O–H groups in total. The topological polar surface area (TPSA) is 29.1 Å². The SMILES string of the molecule is Cc1cc(C(F)(F)F)ccc1C(=O)CNC1CCCC1. The molecule has 0 bridgehead atoms. The standard InChI is InChI=1S/C15H18F3NO/c1-10-8-11(15(16,17)18)6-7-13(10)14(20)9-19-12-4-2-3-5-12/h6-8,12,19H,2-5,9H2,1H3. The molecule has 0 saturated heterocycles. The molecule has 1 aromatic rings. The van der Waals surface area contributed by atoms with E-state index in [1.54, 1.807) is 0 Å². The zero-order valence-electron chi connectivity index (χ0n) is 11.4. The van der Waals surface area contributed by atoms with E-state index in [-0.39, 0.29) is 12.3 Å². The zero-order chi connectivity index (χ0) is 14.8. The van der Waals surface area contributed by atoms with Gasteiger partial charge in [0.15, 0.2) is 5.78 Å². The number of nitrogens with one attached hydrogen (secondary N) is 1. The van der Waals surface area contributed by atoms with Crippen LogP contribution >= 0.6 is 0 Å². The number of hydrogen-bond donors (Lipinski definition) is 1. The van der Waals surface area contributed by atoms with E-state index in [0.717, 1.165) is 25.0 Å². The maximum atomic E-state index is 12.6. The van der Waals surface area contributed by atoms with Gasteiger partial charge in [0.25, 0.3) is 0 Å². The summed E-state index contributed by atoms with van der Waals surface area (Å²) < 4.78 is 37.7. The number of hydrogen-bond acceptors (Lipinski definition) is 2. The fourth-order valence-electron chi connectivity index (χ4n) is 2.62. The fourth-order valence-corrected chi connectivity index (χ4v) is 2.62. The van der Waals surface area contributed by atoms with Crippen LogP contribution in [0, 0.1) is 6.92 Å². The van der Waals surface area contributed by atoms with Crippen LogP contribution in [0.15, 0.2) is 18.2 Å². The van der Waals surface area contributed by atoms with Crippen LogP contribution in [0.25, 0.3) is 0 Å². The average Bonchev–Trinajstić information content (AvgIpc) is 2.87. The Balaban J connectivity index is 2.02. The first-order chi connectivity index (χ1) is 9.38. The number of carbonyl (C=O) groups is 1. The van der Waals surface area contributed by atoms with Crippen molar-refractivity contribution >= 4 is 5.78 Å². The highest BCUT2D eigenvalue weighted by molar-refractivity contribution is 5.99. The smallest absolute Gasteiger partial charge is 0.307 e. The number of ketones is 1. The number of benzene rings is 1. The lowest BCUT2D eigenvalue weighted by Gasteiger charge is -2.13. The summed E-state index contributed by atoms with van der Waals surface area (Å²) in [5, 5.41) is 3.18. The van der Waals surface area contributed by atoms with Crippen molar-refractivity contribution in [1.29, 1.82) is 0 Å². The first-order valence-corrected chi connectivity index (χ1v) is 6.82. The van der Waals surface area contributed by atoms with Crippen LogP contribution in [0.2, 0.25) is 0 Å². The number of Topliss-reactive ketones (excluding diaryl/α,β-unsaturated/α-hetero) is 1. The molecule has 0 spiro atoms. The molecular weight excluding hydrogens is 267 g/mol. The normalized spacial score (nSPS) is 16.6. The van der Waals surface area contributed by atoms with Crippen molar-refractivity contribution in [2.45, 2.75) is 44.8 Å². The first kappa shape index (κ1) is 15.0. The van der Waals surface area contributed by atoms with E-state index in [2.05, 4.69) is 5.32 Å². The lowest BCUT2D eigenvalue weighted by atomic mass is 10.0. The summed E-state index contributed by atoms with van der Waals surface area (Å²) in [5.74, 6) is -0.150. The van der Waals surface area contributed by atoms with Gasteiger partial charge in [0.05, 0.1) is 12.1 Å². The molecule has 1 aromatic carbocycles. The van der Waals surface area contributed by atoms with E-state index in [0.29, 0.717) is 17.2 Å². The molecule has 1 fully saturated rings. The molecule has 0 amide bonds. The predicted molar refractivity (Wildman–Crippen MR) is 70.8 cm³/mol. The van der Waals surface area contributed by atoms with Gasteiger partial charge >= 0.3 is 6.18 Å². The summed E-state index contributed by atoms with van der Waals surface area (Å²) in [4.78, 5) is 12.0. The van der Waals surface area contributed by atoms with Gasteiger partial charge in [-0.05, 0) is 37.5 Å². The lowest BCUT2D eigenvalue weighted by molar-refractivity contribution is -0.137. The van der Waals surface area contributed by atoms with E-state index >= 15 is 0 Å². The van der Waals surface area contributed by atoms with Crippen molar-refractivity contribution in [3.8, 4) is 0 Å². The van der Waals surface area contributed by atoms with Crippen molar-refractivity contribution in [3.05, 3.63) is 34.9 Å². The Bertz CT molecular complexity index is 490. The zero-order valence-corrected chi connectivity index (χ0v) is 11.4. The van der Waals surface area contributed by atoms with E-state index in [4.69, 9.17) is 0 Å². The highest BCUT2D eigenvalue weighted by Gasteiger charge is 2.31. The third-order valence-electron chi connectivity index (χ3n) is 3.76. The Hall–Kier alpha value is -1.36. The predicted octanol–water partition coefficient (Wildman–Crippen LogP) is 3.73. The number of alkyl halides is 3. The van der Waals surface area contributed by atoms with Crippen LogP contribution in [0.5, 0.6) is 0 Å². The molecule has 1 aliphatic rings. The average molecular weight is 285 g/mol. The van der Waals surface area contributed by atoms with Gasteiger partial charge in [0.2, 0.25) is 0 Å². The minimum atomic E-state index is -4.37. The van der Waals surface area contributed by atoms with E-state index in [1.807, 2.05) is 0 Å². The Morgan fingerprint density at radius 1 is 1.30 bits per heavy atom. The molecule has 0 unspecified atom stereocenters. The van der Waals surface area contributed by atoms with Crippen LogP contribution in [0.4, 0.5) is 13.2 Å². The Kier molecular flexibility index (Phi) is 4.48. The van der Waals surface area contributed by atoms with Gasteiger partial charge in [0.1, 0.15) is 0 Å². The Morgan fingerprint density at radius 2 is 1.95 bits per heavy atom. The van der Waals surface area contributed by atoms with Crippen LogP contribution in [-0.4, -0.2) is 18.4 Å². The molecule has 5 heteroatoms. The third-order valence-corrected chi connectivity index (χ3v) is 3.76. The summed E-state index contributed by atoms with van der Waals surface area (Å²) in [6, 6.07) is 3.64. The molecule has 0 atom stereocenters. The first-order valence-electron chi connectivity index (χ1n) is 6.82. The molecule has 110 valence electrons. The molecule has 1 saturated carbocycles. The van der Waals surface area contributed by atoms with Gasteiger partial charge in [-0.1, -0.05) is 18.9 Å². The van der Waals surface area contributed by atoms with Gasteiger partial charge in [-0.2, -0.15) is 13.2 Å². The Morgan fingerprint density at radius 3 is 2.50 bits per heavy atom. The van der Waals surface area contributed by atoms with Crippen LogP contribution in [0.3, 0.4) is 0 Å². The van der Waals surface area contributed by atoms with Crippen molar-refractivity contribution in [3.63, 3.8) is 0 Å². The van der Waals surface area contributed by atoms with Gasteiger partial charge in [-0.25, -0.2) is 0 Å². The van der Waals surface area contributed by atoms with Crippen molar-refractivity contribution < 1.29 is 18.0 Å². The molecule has 1 aliphatic carbocycles. The molecule has 0 heterocycles. The van der Waals surface area contributed by atoms with E-state index in [1.165, 1.54) is 25.8 Å². The highest BCUT2D eigenvalue weighted by atomic mass is 19.4. The maximum absolute atomic E-state index is 12.6. The number of carbonyl (C=O) groups excluding carboxylic acids is 1. The molecule has 0 aliphatic heterocycles. The molecule has 0 radical (unpaired) electrons. The largest absolute Gasteiger partial charge is 0.416 e. The van der Waals surface area contributed by atoms with E-state index < -0.39 is 11.7 Å². The minimum absolute atomic E-state index is 0.150. The van der Waals surface area contributed by atoms with Crippen molar-refractivity contribution in [1.82, 2.24) is 5.32 Å². The summed E-state index contributed by atoms with van der Waals surface area (Å²) in [6.45, 7) is 1.73. The van der Waals surface area contributed by atoms with Gasteiger partial charge in [-0.3, -0.25) is 4.79 Å². The lowest BCUT2D eigenvalue weighted by Crippen LogP contribution is -2.31. The van der Waals surface area contributed by atoms with Gasteiger partial charge in [0, 0.05) is 11.6 Å². The van der Waals surface area contributed by atoms with E-state index in [9.17, 15) is 18.0 Å². The number of rotatable bonds is 4. The second-order valence-electron chi connectivity index (χ2n) is 5.31. The van der Waals surface area contributed by atoms with Gasteiger partial charge in [-0.15, -0.1) is 0 Å². The monoisotopic (exact) mass is 285 g/mol. The molecule has 2 nitrogen and oxygen atoms in total. The maximum Gasteiger partial charge on any atom is 0.416 e. The summed E-state index contributed by atoms with van der Waals surface area (Å²) in [6.07, 6.45) is 0.114. The van der Waals surface area contributed by atoms with Crippen LogP contribution < -0.4 is 5.32 Å². The quantitative estimate of drug-likeness (QED) is 0.854.